The predicted octanol–water partition coefficient (Wildman–Crippen LogP) is 29.3. The molecule has 2 saturated carbocycles. The molecule has 4 aromatic heterocycles. The van der Waals surface area contributed by atoms with Gasteiger partial charge in [0.15, 0.2) is 0 Å². The maximum atomic E-state index is 4.96. The van der Waals surface area contributed by atoms with Crippen LogP contribution >= 0.6 is 0 Å². The van der Waals surface area contributed by atoms with E-state index in [1.807, 2.05) is 12.4 Å². The molecular weight excluding hydrogens is 1530 g/mol. The third-order valence-electron chi connectivity index (χ3n) is 27.2. The van der Waals surface area contributed by atoms with Crippen molar-refractivity contribution < 1.29 is 0 Å². The van der Waals surface area contributed by atoms with E-state index in [2.05, 4.69) is 429 Å². The van der Waals surface area contributed by atoms with E-state index in [9.17, 15) is 0 Å². The zero-order chi connectivity index (χ0) is 87.0. The van der Waals surface area contributed by atoms with E-state index >= 15 is 0 Å². The molecular formula is C113H122N12. The third-order valence-corrected chi connectivity index (χ3v) is 27.2. The van der Waals surface area contributed by atoms with E-state index in [4.69, 9.17) is 15.0 Å². The quantitative estimate of drug-likeness (QED) is 0.110. The summed E-state index contributed by atoms with van der Waals surface area (Å²) in [4.78, 5) is 39.6. The second-order valence-corrected chi connectivity index (χ2v) is 35.7. The average Bonchev–Trinajstić information content (AvgIpc) is 1.78. The number of aromatic nitrogens is 4. The summed E-state index contributed by atoms with van der Waals surface area (Å²) in [7, 11) is 0. The van der Waals surface area contributed by atoms with Crippen molar-refractivity contribution in [2.24, 2.45) is 0 Å². The predicted molar refractivity (Wildman–Crippen MR) is 529 cm³/mol. The number of pyridine rings is 4. The summed E-state index contributed by atoms with van der Waals surface area (Å²) in [6, 6.07) is 93.3. The van der Waals surface area contributed by atoms with Crippen molar-refractivity contribution in [3.8, 4) is 56.0 Å². The summed E-state index contributed by atoms with van der Waals surface area (Å²) < 4.78 is 0. The van der Waals surface area contributed by atoms with Crippen molar-refractivity contribution in [2.45, 2.75) is 218 Å². The summed E-state index contributed by atoms with van der Waals surface area (Å²) in [5, 5.41) is 0. The molecule has 0 unspecified atom stereocenters. The first-order chi connectivity index (χ1) is 60.7. The molecule has 14 aromatic rings. The van der Waals surface area contributed by atoms with E-state index in [1.54, 1.807) is 0 Å². The van der Waals surface area contributed by atoms with Gasteiger partial charge in [0.1, 0.15) is 24.7 Å². The molecule has 20 rings (SSSR count). The van der Waals surface area contributed by atoms with E-state index in [1.165, 1.54) is 226 Å². The molecule has 2 aliphatic carbocycles. The molecule has 6 aliphatic rings. The van der Waals surface area contributed by atoms with Crippen molar-refractivity contribution in [3.05, 3.63) is 341 Å². The summed E-state index contributed by atoms with van der Waals surface area (Å²) in [5.41, 5.74) is 41.9. The van der Waals surface area contributed by atoms with Gasteiger partial charge in [-0.2, -0.15) is 0 Å². The molecule has 12 heteroatoms. The van der Waals surface area contributed by atoms with Crippen LogP contribution in [0.1, 0.15) is 161 Å². The highest BCUT2D eigenvalue weighted by Gasteiger charge is 2.43. The summed E-state index contributed by atoms with van der Waals surface area (Å²) in [6.45, 7) is 37.7. The second-order valence-electron chi connectivity index (χ2n) is 35.7. The molecule has 634 valence electrons. The lowest BCUT2D eigenvalue weighted by molar-refractivity contribution is 0.400. The minimum absolute atomic E-state index is 0.0522. The molecule has 125 heavy (non-hydrogen) atoms. The normalized spacial score (nSPS) is 17.1. The van der Waals surface area contributed by atoms with Crippen LogP contribution in [0.2, 0.25) is 0 Å². The maximum Gasteiger partial charge on any atom is 0.108 e. The summed E-state index contributed by atoms with van der Waals surface area (Å²) >= 11 is 0. The van der Waals surface area contributed by atoms with Gasteiger partial charge < -0.3 is 39.2 Å². The fraction of sp³-hybridized carbons (Fsp3) is 0.292. The third kappa shape index (κ3) is 16.1. The fourth-order valence-corrected chi connectivity index (χ4v) is 21.5. The molecule has 0 bridgehead atoms. The molecule has 2 fully saturated rings. The Hall–Kier alpha value is -12.8. The van der Waals surface area contributed by atoms with E-state index in [0.717, 1.165) is 22.8 Å². The highest BCUT2D eigenvalue weighted by atomic mass is 15.5. The van der Waals surface area contributed by atoms with Crippen LogP contribution in [0.25, 0.3) is 56.0 Å². The first-order valence-electron chi connectivity index (χ1n) is 45.6. The lowest BCUT2D eigenvalue weighted by Crippen LogP contribution is -2.45. The average molecular weight is 1650 g/mol. The van der Waals surface area contributed by atoms with Gasteiger partial charge in [-0.25, -0.2) is 0 Å². The minimum Gasteiger partial charge on any atom is -0.347 e. The minimum atomic E-state index is 0.0522. The van der Waals surface area contributed by atoms with Gasteiger partial charge in [-0.05, 0) is 283 Å². The Balaban J connectivity index is 0.000000118. The van der Waals surface area contributed by atoms with Gasteiger partial charge in [-0.3, -0.25) is 19.9 Å². The smallest absolute Gasteiger partial charge is 0.108 e. The summed E-state index contributed by atoms with van der Waals surface area (Å²) in [6.07, 6.45) is 21.0. The number of nitrogens with zero attached hydrogens (tertiary/aromatic N) is 12. The molecule has 0 spiro atoms. The molecule has 4 aliphatic heterocycles. The standard InChI is InChI=1S/C33H29N3.C28H33N3.C27H31N3.C25H29N3/c1-23-21-22-34-24(2)32(23)35-25(3)36(31-20-11-10-19-30(31)35)33-28(26-13-6-4-7-14-26)17-12-18-29(33)27-15-8-5-9-16-27;1-19-11-10-12-20(2)28(19)24-17-21(3)27(18-29-24)31-22(4)30(23-13-6-5-7-14-23)25-15-8-9-16-26(25)31;1-18-10-9-11-19(2)27(18)23-16-20(3)26(17-28-23)30-21(4)29(22-12-5-6-13-22)24-14-7-8-15-25(24)30;1-16(2)27-20(6)28(23-13-8-7-12-22(23)27)24-15-26-21(14-19(24)5)25-17(3)10-9-11-18(25)4/h4-22,25H,1-3H3;8-12,15-18,22-23H,5-7,13-14H2,1-4H3;7-11,14-17,21-22H,5-6,12-13H2,1-4H3;7-16,20H,1-6H3/t25-;22-;21-;20-/m0111/s1. The van der Waals surface area contributed by atoms with E-state index in [0.29, 0.717) is 30.5 Å². The first kappa shape index (κ1) is 84.4. The molecule has 0 radical (unpaired) electrons. The number of hydrogen-bond donors (Lipinski definition) is 0. The zero-order valence-electron chi connectivity index (χ0n) is 76.3. The molecule has 8 heterocycles. The van der Waals surface area contributed by atoms with E-state index in [-0.39, 0.29) is 12.3 Å². The topological polar surface area (TPSA) is 77.5 Å². The van der Waals surface area contributed by atoms with Crippen molar-refractivity contribution in [3.63, 3.8) is 0 Å². The van der Waals surface area contributed by atoms with Crippen LogP contribution in [0, 0.1) is 76.2 Å². The Kier molecular flexibility index (Phi) is 24.4. The van der Waals surface area contributed by atoms with Gasteiger partial charge in [0.25, 0.3) is 0 Å². The van der Waals surface area contributed by atoms with Gasteiger partial charge >= 0.3 is 0 Å². The number of aryl methyl sites for hydroxylation is 11. The van der Waals surface area contributed by atoms with Crippen molar-refractivity contribution in [2.75, 3.05) is 39.2 Å². The monoisotopic (exact) mass is 1650 g/mol. The maximum absolute atomic E-state index is 4.96. The van der Waals surface area contributed by atoms with Crippen molar-refractivity contribution in [1.82, 2.24) is 19.9 Å². The Morgan fingerprint density at radius 1 is 0.264 bits per heavy atom. The molecule has 12 nitrogen and oxygen atoms in total. The first-order valence-corrected chi connectivity index (χ1v) is 45.6. The summed E-state index contributed by atoms with van der Waals surface area (Å²) in [5.74, 6) is 0. The number of fused-ring (bicyclic) bond motifs is 4. The van der Waals surface area contributed by atoms with Crippen LogP contribution in [0.4, 0.5) is 73.9 Å². The largest absolute Gasteiger partial charge is 0.347 e. The van der Waals surface area contributed by atoms with Crippen LogP contribution in [-0.2, 0) is 0 Å². The highest BCUT2D eigenvalue weighted by Crippen LogP contribution is 2.56. The Labute approximate surface area is 743 Å². The number of hydrogen-bond acceptors (Lipinski definition) is 12. The van der Waals surface area contributed by atoms with E-state index < -0.39 is 0 Å². The zero-order valence-corrected chi connectivity index (χ0v) is 76.3. The Morgan fingerprint density at radius 3 is 0.936 bits per heavy atom. The molecule has 0 amide bonds. The molecule has 4 atom stereocenters. The SMILES string of the molecule is Cc1cc(-c2c(C)cccc2C)ncc1N1c2ccccc2N(C(C)C)[C@H]1C.Cc1cc(-c2c(C)cccc2C)ncc1N1c2ccccc2N(C2CCCC2)[C@H]1C.Cc1cc(-c2c(C)cccc2C)ncc1N1c2ccccc2N(C2CCCCC2)[C@H]1C.Cc1ccnc(C)c1N1c2ccccc2N(c2c(-c3ccccc3)cccc2-c2ccccc2)[C@H]1C. The van der Waals surface area contributed by atoms with Crippen LogP contribution in [0.15, 0.2) is 280 Å². The van der Waals surface area contributed by atoms with Crippen molar-refractivity contribution in [1.29, 1.82) is 0 Å². The molecule has 0 N–H and O–H groups in total. The molecule has 10 aromatic carbocycles. The van der Waals surface area contributed by atoms with Gasteiger partial charge in [0, 0.05) is 52.1 Å². The molecule has 0 saturated heterocycles. The van der Waals surface area contributed by atoms with Crippen LogP contribution in [0.3, 0.4) is 0 Å². The number of anilines is 13. The second kappa shape index (κ2) is 36.2. The van der Waals surface area contributed by atoms with Gasteiger partial charge in [-0.15, -0.1) is 0 Å². The number of rotatable bonds is 13. The fourth-order valence-electron chi connectivity index (χ4n) is 21.5. The van der Waals surface area contributed by atoms with Gasteiger partial charge in [0.2, 0.25) is 0 Å². The Bertz CT molecular complexity index is 6080. The van der Waals surface area contributed by atoms with Crippen LogP contribution < -0.4 is 39.2 Å². The van der Waals surface area contributed by atoms with Crippen molar-refractivity contribution >= 4 is 73.9 Å². The lowest BCUT2D eigenvalue weighted by Gasteiger charge is -2.38. The highest BCUT2D eigenvalue weighted by molar-refractivity contribution is 6.00. The lowest BCUT2D eigenvalue weighted by atomic mass is 9.93. The number of para-hydroxylation sites is 9. The Morgan fingerprint density at radius 2 is 0.576 bits per heavy atom. The number of benzene rings is 10. The van der Waals surface area contributed by atoms with Gasteiger partial charge in [-0.1, -0.05) is 214 Å². The van der Waals surface area contributed by atoms with Crippen LogP contribution in [0.5, 0.6) is 0 Å². The van der Waals surface area contributed by atoms with Gasteiger partial charge in [0.05, 0.1) is 115 Å². The van der Waals surface area contributed by atoms with Crippen LogP contribution in [-0.4, -0.2) is 62.7 Å².